The average Bonchev–Trinajstić information content (AvgIpc) is 3.40. The van der Waals surface area contributed by atoms with Gasteiger partial charge in [0.2, 0.25) is 0 Å². The molecule has 4 aromatic rings. The average molecular weight is 620 g/mol. The Kier molecular flexibility index (Phi) is 10.2. The first kappa shape index (κ1) is 32.9. The Morgan fingerprint density at radius 3 is 1.83 bits per heavy atom. The number of benzene rings is 3. The molecule has 0 bridgehead atoms. The van der Waals surface area contributed by atoms with Gasteiger partial charge in [-0.2, -0.15) is 0 Å². The van der Waals surface area contributed by atoms with Crippen molar-refractivity contribution in [3.05, 3.63) is 137 Å². The van der Waals surface area contributed by atoms with Crippen molar-refractivity contribution >= 4 is 12.0 Å². The maximum Gasteiger partial charge on any atom is 0.326 e. The van der Waals surface area contributed by atoms with Crippen molar-refractivity contribution in [3.8, 4) is 0 Å². The minimum atomic E-state index is -0.951. The number of carboxylic acids is 1. The van der Waals surface area contributed by atoms with Crippen molar-refractivity contribution < 1.29 is 19.4 Å². The Balaban J connectivity index is 1.35. The Bertz CT molecular complexity index is 1490. The van der Waals surface area contributed by atoms with Crippen molar-refractivity contribution in [3.63, 3.8) is 0 Å². The molecule has 1 aliphatic rings. The number of hydrogen-bond acceptors (Lipinski definition) is 4. The van der Waals surface area contributed by atoms with E-state index in [-0.39, 0.29) is 24.0 Å². The van der Waals surface area contributed by atoms with E-state index < -0.39 is 17.6 Å². The summed E-state index contributed by atoms with van der Waals surface area (Å²) >= 11 is 0. The number of hydrogen-bond donors (Lipinski definition) is 1. The van der Waals surface area contributed by atoms with Crippen LogP contribution in [0.3, 0.4) is 0 Å². The van der Waals surface area contributed by atoms with Crippen LogP contribution >= 0.6 is 0 Å². The van der Waals surface area contributed by atoms with Gasteiger partial charge >= 0.3 is 12.0 Å². The zero-order valence-corrected chi connectivity index (χ0v) is 27.3. The van der Waals surface area contributed by atoms with Crippen LogP contribution in [0.5, 0.6) is 0 Å². The molecular weight excluding hydrogens is 574 g/mol. The van der Waals surface area contributed by atoms with Crippen LogP contribution in [0.2, 0.25) is 0 Å². The third-order valence-electron chi connectivity index (χ3n) is 8.80. The minimum Gasteiger partial charge on any atom is -0.480 e. The molecule has 3 aromatic carbocycles. The number of carboxylic acid groups (broad SMARTS) is 1. The van der Waals surface area contributed by atoms with E-state index in [0.29, 0.717) is 19.6 Å². The van der Waals surface area contributed by atoms with Gasteiger partial charge in [-0.1, -0.05) is 125 Å². The first-order valence-electron chi connectivity index (χ1n) is 16.1. The summed E-state index contributed by atoms with van der Waals surface area (Å²) < 4.78 is 6.95. The molecule has 1 aliphatic heterocycles. The first-order chi connectivity index (χ1) is 22.1. The monoisotopic (exact) mass is 619 g/mol. The predicted molar refractivity (Wildman–Crippen MR) is 180 cm³/mol. The normalized spacial score (nSPS) is 15.2. The summed E-state index contributed by atoms with van der Waals surface area (Å²) in [6.07, 6.45) is 1.63. The molecule has 2 heterocycles. The zero-order chi connectivity index (χ0) is 32.7. The maximum absolute atomic E-state index is 13.5. The number of amides is 2. The van der Waals surface area contributed by atoms with Crippen molar-refractivity contribution in [1.29, 1.82) is 0 Å². The summed E-state index contributed by atoms with van der Waals surface area (Å²) in [5, 5.41) is 10.1. The molecule has 0 saturated carbocycles. The van der Waals surface area contributed by atoms with Crippen molar-refractivity contribution in [1.82, 2.24) is 14.8 Å². The number of aliphatic carboxylic acids is 1. The lowest BCUT2D eigenvalue weighted by Crippen LogP contribution is -2.47. The lowest BCUT2D eigenvalue weighted by atomic mass is 9.80. The smallest absolute Gasteiger partial charge is 0.326 e. The third-order valence-corrected chi connectivity index (χ3v) is 8.80. The van der Waals surface area contributed by atoms with Crippen LogP contribution in [0.4, 0.5) is 4.79 Å². The Labute approximate surface area is 272 Å². The van der Waals surface area contributed by atoms with E-state index in [1.807, 2.05) is 79.7 Å². The van der Waals surface area contributed by atoms with E-state index in [0.717, 1.165) is 40.9 Å². The first-order valence-corrected chi connectivity index (χ1v) is 16.1. The van der Waals surface area contributed by atoms with Crippen molar-refractivity contribution in [2.24, 2.45) is 11.3 Å². The maximum atomic E-state index is 13.5. The van der Waals surface area contributed by atoms with Crippen molar-refractivity contribution in [2.75, 3.05) is 13.1 Å². The quantitative estimate of drug-likeness (QED) is 0.155. The Morgan fingerprint density at radius 2 is 1.33 bits per heavy atom. The van der Waals surface area contributed by atoms with Crippen LogP contribution in [0.1, 0.15) is 68.6 Å². The standard InChI is InChI=1S/C39H45N3O4/c1-29(23-24-38(2,3)4)35(36(43)44)42-26-25-41(37(42)45)27-33-21-14-22-34(40-33)28-46-39(30-15-8-5-9-16-30,31-17-10-6-11-18-31)32-19-12-7-13-20-32/h5-22,29,35H,23-28H2,1-4H3,(H,43,44)/t29-,35-/m0/s1. The highest BCUT2D eigenvalue weighted by Crippen LogP contribution is 2.41. The van der Waals surface area contributed by atoms with E-state index in [9.17, 15) is 14.7 Å². The molecule has 1 fully saturated rings. The minimum absolute atomic E-state index is 0.0989. The van der Waals surface area contributed by atoms with E-state index in [2.05, 4.69) is 57.2 Å². The molecular formula is C39H45N3O4. The summed E-state index contributed by atoms with van der Waals surface area (Å²) in [7, 11) is 0. The molecule has 0 spiro atoms. The van der Waals surface area contributed by atoms with Gasteiger partial charge in [0.25, 0.3) is 0 Å². The molecule has 0 radical (unpaired) electrons. The topological polar surface area (TPSA) is 83.0 Å². The van der Waals surface area contributed by atoms with Crippen LogP contribution < -0.4 is 0 Å². The second kappa shape index (κ2) is 14.3. The van der Waals surface area contributed by atoms with E-state index in [1.54, 1.807) is 4.90 Å². The SMILES string of the molecule is C[C@@H](CCC(C)(C)C)[C@@H](C(=O)O)N1CCN(Cc2cccc(COC(c3ccccc3)(c3ccccc3)c3ccccc3)n2)C1=O. The number of pyridine rings is 1. The van der Waals surface area contributed by atoms with E-state index >= 15 is 0 Å². The molecule has 7 heteroatoms. The number of urea groups is 1. The molecule has 0 aliphatic carbocycles. The van der Waals surface area contributed by atoms with E-state index in [1.165, 1.54) is 4.90 Å². The summed E-state index contributed by atoms with van der Waals surface area (Å²) in [5.74, 6) is -1.11. The summed E-state index contributed by atoms with van der Waals surface area (Å²) in [4.78, 5) is 34.0. The molecule has 240 valence electrons. The van der Waals surface area contributed by atoms with Crippen LogP contribution in [0.15, 0.2) is 109 Å². The lowest BCUT2D eigenvalue weighted by Gasteiger charge is -2.36. The molecule has 1 N–H and O–H groups in total. The van der Waals surface area contributed by atoms with Gasteiger partial charge in [0.1, 0.15) is 11.6 Å². The van der Waals surface area contributed by atoms with Gasteiger partial charge in [0.05, 0.1) is 24.5 Å². The van der Waals surface area contributed by atoms with Gasteiger partial charge in [-0.05, 0) is 53.0 Å². The Hall–Kier alpha value is -4.49. The molecule has 7 nitrogen and oxygen atoms in total. The highest BCUT2D eigenvalue weighted by atomic mass is 16.5. The molecule has 5 rings (SSSR count). The molecule has 1 aromatic heterocycles. The van der Waals surface area contributed by atoms with Gasteiger partial charge in [-0.15, -0.1) is 0 Å². The fraction of sp³-hybridized carbons (Fsp3) is 0.359. The van der Waals surface area contributed by atoms with Gasteiger partial charge in [-0.3, -0.25) is 4.98 Å². The van der Waals surface area contributed by atoms with Gasteiger partial charge in [-0.25, -0.2) is 9.59 Å². The van der Waals surface area contributed by atoms with Gasteiger partial charge in [0, 0.05) is 13.1 Å². The number of aromatic nitrogens is 1. The van der Waals surface area contributed by atoms with Gasteiger partial charge < -0.3 is 19.6 Å². The van der Waals surface area contributed by atoms with Crippen LogP contribution in [0, 0.1) is 11.3 Å². The second-order valence-corrected chi connectivity index (χ2v) is 13.4. The number of rotatable bonds is 13. The summed E-state index contributed by atoms with van der Waals surface area (Å²) in [6.45, 7) is 9.75. The van der Waals surface area contributed by atoms with Crippen LogP contribution in [-0.4, -0.2) is 51.0 Å². The lowest BCUT2D eigenvalue weighted by molar-refractivity contribution is -0.143. The number of nitrogens with zero attached hydrogens (tertiary/aromatic N) is 3. The Morgan fingerprint density at radius 1 is 0.804 bits per heavy atom. The number of ether oxygens (including phenoxy) is 1. The fourth-order valence-electron chi connectivity index (χ4n) is 6.35. The number of carbonyl (C=O) groups excluding carboxylic acids is 1. The summed E-state index contributed by atoms with van der Waals surface area (Å²) in [6, 6.07) is 35.3. The predicted octanol–water partition coefficient (Wildman–Crippen LogP) is 7.74. The highest BCUT2D eigenvalue weighted by Gasteiger charge is 2.41. The second-order valence-electron chi connectivity index (χ2n) is 13.4. The molecule has 2 amide bonds. The van der Waals surface area contributed by atoms with Crippen molar-refractivity contribution in [2.45, 2.75) is 65.3 Å². The highest BCUT2D eigenvalue weighted by molar-refractivity contribution is 5.84. The summed E-state index contributed by atoms with van der Waals surface area (Å²) in [5.41, 5.74) is 3.73. The largest absolute Gasteiger partial charge is 0.480 e. The molecule has 1 saturated heterocycles. The van der Waals surface area contributed by atoms with Gasteiger partial charge in [0.15, 0.2) is 0 Å². The van der Waals surface area contributed by atoms with Crippen LogP contribution in [0.25, 0.3) is 0 Å². The molecule has 2 atom stereocenters. The molecule has 0 unspecified atom stereocenters. The fourth-order valence-corrected chi connectivity index (χ4v) is 6.35. The van der Waals surface area contributed by atoms with Crippen LogP contribution in [-0.2, 0) is 28.3 Å². The zero-order valence-electron chi connectivity index (χ0n) is 27.3. The number of carbonyl (C=O) groups is 2. The van der Waals surface area contributed by atoms with E-state index in [4.69, 9.17) is 9.72 Å². The molecule has 46 heavy (non-hydrogen) atoms. The third kappa shape index (κ3) is 7.48.